The summed E-state index contributed by atoms with van der Waals surface area (Å²) < 4.78 is 0. The number of piperazine rings is 1. The van der Waals surface area contributed by atoms with Crippen LogP contribution in [-0.2, 0) is 0 Å². The van der Waals surface area contributed by atoms with Crippen molar-refractivity contribution in [2.45, 2.75) is 19.8 Å². The third-order valence-electron chi connectivity index (χ3n) is 5.52. The van der Waals surface area contributed by atoms with Gasteiger partial charge in [-0.2, -0.15) is 10.1 Å². The number of anilines is 4. The summed E-state index contributed by atoms with van der Waals surface area (Å²) in [6, 6.07) is 8.51. The molecular weight excluding hydrogens is 338 g/mol. The Morgan fingerprint density at radius 1 is 1.00 bits per heavy atom. The summed E-state index contributed by atoms with van der Waals surface area (Å²) in [4.78, 5) is 11.8. The van der Waals surface area contributed by atoms with Gasteiger partial charge in [-0.15, -0.1) is 5.10 Å². The number of likely N-dealkylation sites (N-methyl/N-ethyl adjacent to an activating group) is 1. The summed E-state index contributed by atoms with van der Waals surface area (Å²) in [6.07, 6.45) is 4.27. The summed E-state index contributed by atoms with van der Waals surface area (Å²) in [5.74, 6) is 2.17. The maximum atomic E-state index is 4.67. The second-order valence-corrected chi connectivity index (χ2v) is 7.79. The molecule has 27 heavy (non-hydrogen) atoms. The molecular formula is C20H29N7. The van der Waals surface area contributed by atoms with E-state index in [0.29, 0.717) is 11.9 Å². The minimum absolute atomic E-state index is 0.554. The van der Waals surface area contributed by atoms with Gasteiger partial charge in [0.15, 0.2) is 5.82 Å². The van der Waals surface area contributed by atoms with Gasteiger partial charge < -0.3 is 20.0 Å². The summed E-state index contributed by atoms with van der Waals surface area (Å²) in [5, 5.41) is 11.6. The Hall–Kier alpha value is -2.41. The van der Waals surface area contributed by atoms with Crippen molar-refractivity contribution in [3.63, 3.8) is 0 Å². The smallest absolute Gasteiger partial charge is 0.249 e. The Bertz CT molecular complexity index is 740. The van der Waals surface area contributed by atoms with Crippen LogP contribution in [0, 0.1) is 5.92 Å². The second kappa shape index (κ2) is 8.08. The van der Waals surface area contributed by atoms with Gasteiger partial charge in [0.05, 0.1) is 6.20 Å². The quantitative estimate of drug-likeness (QED) is 0.891. The number of piperidine rings is 1. The van der Waals surface area contributed by atoms with E-state index in [1.165, 1.54) is 18.5 Å². The van der Waals surface area contributed by atoms with E-state index in [9.17, 15) is 0 Å². The number of aromatic nitrogens is 3. The zero-order chi connectivity index (χ0) is 18.6. The zero-order valence-corrected chi connectivity index (χ0v) is 16.3. The van der Waals surface area contributed by atoms with Gasteiger partial charge in [0.25, 0.3) is 0 Å². The van der Waals surface area contributed by atoms with E-state index < -0.39 is 0 Å². The number of hydrogen-bond acceptors (Lipinski definition) is 7. The fraction of sp³-hybridized carbons (Fsp3) is 0.550. The van der Waals surface area contributed by atoms with Gasteiger partial charge in [0.1, 0.15) is 0 Å². The molecule has 3 heterocycles. The minimum atomic E-state index is 0.554. The molecule has 1 atom stereocenters. The molecule has 2 aliphatic rings. The Morgan fingerprint density at radius 3 is 2.52 bits per heavy atom. The van der Waals surface area contributed by atoms with E-state index in [-0.39, 0.29) is 0 Å². The molecule has 2 fully saturated rings. The monoisotopic (exact) mass is 367 g/mol. The first kappa shape index (κ1) is 18.0. The van der Waals surface area contributed by atoms with Crippen LogP contribution in [0.4, 0.5) is 23.1 Å². The van der Waals surface area contributed by atoms with E-state index in [1.807, 2.05) is 0 Å². The molecule has 7 nitrogen and oxygen atoms in total. The highest BCUT2D eigenvalue weighted by atomic mass is 15.3. The molecule has 4 rings (SSSR count). The molecule has 0 aliphatic carbocycles. The number of nitrogens with one attached hydrogen (secondary N) is 1. The van der Waals surface area contributed by atoms with E-state index in [0.717, 1.165) is 50.8 Å². The van der Waals surface area contributed by atoms with E-state index in [4.69, 9.17) is 0 Å². The number of benzene rings is 1. The van der Waals surface area contributed by atoms with Crippen LogP contribution in [-0.4, -0.2) is 66.4 Å². The summed E-state index contributed by atoms with van der Waals surface area (Å²) in [6.45, 7) is 8.75. The first-order chi connectivity index (χ1) is 13.2. The van der Waals surface area contributed by atoms with Crippen molar-refractivity contribution in [3.05, 3.63) is 30.5 Å². The molecule has 2 saturated heterocycles. The van der Waals surface area contributed by atoms with Gasteiger partial charge in [0, 0.05) is 50.6 Å². The molecule has 1 N–H and O–H groups in total. The highest BCUT2D eigenvalue weighted by Gasteiger charge is 2.18. The number of hydrogen-bond donors (Lipinski definition) is 1. The summed E-state index contributed by atoms with van der Waals surface area (Å²) in [5.41, 5.74) is 2.25. The van der Waals surface area contributed by atoms with Crippen LogP contribution in [0.15, 0.2) is 30.5 Å². The maximum absolute atomic E-state index is 4.67. The van der Waals surface area contributed by atoms with Crippen molar-refractivity contribution in [1.29, 1.82) is 0 Å². The van der Waals surface area contributed by atoms with Crippen LogP contribution in [0.3, 0.4) is 0 Å². The predicted molar refractivity (Wildman–Crippen MR) is 110 cm³/mol. The largest absolute Gasteiger partial charge is 0.369 e. The summed E-state index contributed by atoms with van der Waals surface area (Å²) in [7, 11) is 2.18. The Balaban J connectivity index is 1.41. The van der Waals surface area contributed by atoms with Crippen molar-refractivity contribution in [1.82, 2.24) is 20.1 Å². The predicted octanol–water partition coefficient (Wildman–Crippen LogP) is 2.60. The molecule has 0 saturated carbocycles. The standard InChI is InChI=1S/C20H29N7/c1-16-4-3-9-27(15-16)19-14-21-24-20(23-19)22-17-5-7-18(8-6-17)26-12-10-25(2)11-13-26/h5-8,14,16H,3-4,9-13,15H2,1-2H3,(H,22,23,24). The average molecular weight is 368 g/mol. The van der Waals surface area contributed by atoms with Gasteiger partial charge in [-0.1, -0.05) is 6.92 Å². The van der Waals surface area contributed by atoms with Gasteiger partial charge >= 0.3 is 0 Å². The van der Waals surface area contributed by atoms with Crippen LogP contribution >= 0.6 is 0 Å². The van der Waals surface area contributed by atoms with Crippen molar-refractivity contribution >= 4 is 23.1 Å². The third-order valence-corrected chi connectivity index (χ3v) is 5.52. The molecule has 1 aromatic carbocycles. The number of nitrogens with zero attached hydrogens (tertiary/aromatic N) is 6. The highest BCUT2D eigenvalue weighted by molar-refractivity contribution is 5.60. The van der Waals surface area contributed by atoms with Gasteiger partial charge in [-0.25, -0.2) is 0 Å². The first-order valence-electron chi connectivity index (χ1n) is 9.92. The molecule has 0 spiro atoms. The van der Waals surface area contributed by atoms with Crippen molar-refractivity contribution in [3.8, 4) is 0 Å². The van der Waals surface area contributed by atoms with Crippen LogP contribution < -0.4 is 15.1 Å². The fourth-order valence-corrected chi connectivity index (χ4v) is 3.85. The molecule has 7 heteroatoms. The third kappa shape index (κ3) is 4.47. The van der Waals surface area contributed by atoms with Gasteiger partial charge in [0.2, 0.25) is 5.95 Å². The second-order valence-electron chi connectivity index (χ2n) is 7.79. The Labute approximate surface area is 161 Å². The van der Waals surface area contributed by atoms with E-state index in [2.05, 4.69) is 73.4 Å². The van der Waals surface area contributed by atoms with Crippen molar-refractivity contribution in [2.24, 2.45) is 5.92 Å². The van der Waals surface area contributed by atoms with Crippen LogP contribution in [0.5, 0.6) is 0 Å². The lowest BCUT2D eigenvalue weighted by Gasteiger charge is -2.34. The number of rotatable bonds is 4. The van der Waals surface area contributed by atoms with E-state index in [1.54, 1.807) is 6.20 Å². The Kier molecular flexibility index (Phi) is 5.38. The van der Waals surface area contributed by atoms with Crippen LogP contribution in [0.2, 0.25) is 0 Å². The molecule has 2 aliphatic heterocycles. The molecule has 2 aromatic rings. The molecule has 0 amide bonds. The Morgan fingerprint density at radius 2 is 1.78 bits per heavy atom. The van der Waals surface area contributed by atoms with Gasteiger partial charge in [-0.3, -0.25) is 0 Å². The lowest BCUT2D eigenvalue weighted by Crippen LogP contribution is -2.44. The van der Waals surface area contributed by atoms with Crippen molar-refractivity contribution in [2.75, 3.05) is 61.4 Å². The lowest BCUT2D eigenvalue weighted by atomic mass is 10.0. The SMILES string of the molecule is CC1CCCN(c2cnnc(Nc3ccc(N4CCN(C)CC4)cc3)n2)C1. The minimum Gasteiger partial charge on any atom is -0.369 e. The highest BCUT2D eigenvalue weighted by Crippen LogP contribution is 2.23. The molecule has 144 valence electrons. The first-order valence-corrected chi connectivity index (χ1v) is 9.92. The summed E-state index contributed by atoms with van der Waals surface area (Å²) >= 11 is 0. The average Bonchev–Trinajstić information content (AvgIpc) is 2.70. The molecule has 1 unspecified atom stereocenters. The topological polar surface area (TPSA) is 60.4 Å². The van der Waals surface area contributed by atoms with Crippen molar-refractivity contribution < 1.29 is 0 Å². The van der Waals surface area contributed by atoms with Crippen LogP contribution in [0.1, 0.15) is 19.8 Å². The maximum Gasteiger partial charge on any atom is 0.249 e. The zero-order valence-electron chi connectivity index (χ0n) is 16.3. The lowest BCUT2D eigenvalue weighted by molar-refractivity contribution is 0.313. The molecule has 0 bridgehead atoms. The fourth-order valence-electron chi connectivity index (χ4n) is 3.85. The van der Waals surface area contributed by atoms with Crippen LogP contribution in [0.25, 0.3) is 0 Å². The van der Waals surface area contributed by atoms with Gasteiger partial charge in [-0.05, 0) is 50.1 Å². The molecule has 1 aromatic heterocycles. The molecule has 0 radical (unpaired) electrons. The van der Waals surface area contributed by atoms with E-state index >= 15 is 0 Å². The normalized spacial score (nSPS) is 21.3.